The SMILES string of the molecule is Brc1csc(NCCNC2CCCCCC2)n1. The maximum atomic E-state index is 4.31. The van der Waals surface area contributed by atoms with Crippen molar-refractivity contribution in [1.82, 2.24) is 10.3 Å². The summed E-state index contributed by atoms with van der Waals surface area (Å²) in [5.74, 6) is 0. The lowest BCUT2D eigenvalue weighted by Crippen LogP contribution is -2.32. The largest absolute Gasteiger partial charge is 0.360 e. The zero-order valence-corrected chi connectivity index (χ0v) is 12.4. The molecule has 2 rings (SSSR count). The van der Waals surface area contributed by atoms with Gasteiger partial charge in [0.1, 0.15) is 4.60 Å². The van der Waals surface area contributed by atoms with Crippen LogP contribution in [0.2, 0.25) is 0 Å². The molecular formula is C12H20BrN3S. The molecule has 0 radical (unpaired) electrons. The molecule has 0 bridgehead atoms. The van der Waals surface area contributed by atoms with Gasteiger partial charge in [-0.05, 0) is 28.8 Å². The number of nitrogens with one attached hydrogen (secondary N) is 2. The van der Waals surface area contributed by atoms with E-state index in [4.69, 9.17) is 0 Å². The number of rotatable bonds is 5. The Kier molecular flexibility index (Phi) is 5.74. The summed E-state index contributed by atoms with van der Waals surface area (Å²) in [4.78, 5) is 4.31. The van der Waals surface area contributed by atoms with Crippen molar-refractivity contribution >= 4 is 32.4 Å². The highest BCUT2D eigenvalue weighted by molar-refractivity contribution is 9.10. The molecule has 2 N–H and O–H groups in total. The van der Waals surface area contributed by atoms with Crippen molar-refractivity contribution in [3.8, 4) is 0 Å². The Bertz CT molecular complexity index is 321. The molecule has 0 amide bonds. The van der Waals surface area contributed by atoms with E-state index >= 15 is 0 Å². The Balaban J connectivity index is 1.59. The first-order valence-corrected chi connectivity index (χ1v) is 8.10. The number of halogens is 1. The number of anilines is 1. The van der Waals surface area contributed by atoms with Gasteiger partial charge in [0.25, 0.3) is 0 Å². The van der Waals surface area contributed by atoms with E-state index in [-0.39, 0.29) is 0 Å². The zero-order chi connectivity index (χ0) is 11.9. The van der Waals surface area contributed by atoms with Gasteiger partial charge in [-0.1, -0.05) is 25.7 Å². The summed E-state index contributed by atoms with van der Waals surface area (Å²) in [7, 11) is 0. The van der Waals surface area contributed by atoms with Gasteiger partial charge in [0.2, 0.25) is 0 Å². The van der Waals surface area contributed by atoms with Crippen molar-refractivity contribution in [2.45, 2.75) is 44.6 Å². The van der Waals surface area contributed by atoms with Crippen LogP contribution in [0.25, 0.3) is 0 Å². The first kappa shape index (κ1) is 13.3. The molecule has 1 saturated carbocycles. The van der Waals surface area contributed by atoms with Crippen LogP contribution in [0.1, 0.15) is 38.5 Å². The van der Waals surface area contributed by atoms with Crippen molar-refractivity contribution in [3.05, 3.63) is 9.98 Å². The van der Waals surface area contributed by atoms with Crippen LogP contribution >= 0.6 is 27.3 Å². The fourth-order valence-electron chi connectivity index (χ4n) is 2.26. The average Bonchev–Trinajstić information content (AvgIpc) is 2.59. The summed E-state index contributed by atoms with van der Waals surface area (Å²) in [6.45, 7) is 1.98. The fraction of sp³-hybridized carbons (Fsp3) is 0.750. The van der Waals surface area contributed by atoms with Gasteiger partial charge in [-0.15, -0.1) is 11.3 Å². The number of hydrogen-bond donors (Lipinski definition) is 2. The van der Waals surface area contributed by atoms with Crippen LogP contribution in [0.3, 0.4) is 0 Å². The van der Waals surface area contributed by atoms with E-state index in [0.717, 1.165) is 28.9 Å². The van der Waals surface area contributed by atoms with Crippen LogP contribution in [0.4, 0.5) is 5.13 Å². The van der Waals surface area contributed by atoms with Crippen LogP contribution in [-0.2, 0) is 0 Å². The second kappa shape index (κ2) is 7.34. The van der Waals surface area contributed by atoms with Gasteiger partial charge in [-0.25, -0.2) is 4.98 Å². The molecule has 0 unspecified atom stereocenters. The van der Waals surface area contributed by atoms with Crippen molar-refractivity contribution in [2.24, 2.45) is 0 Å². The molecule has 5 heteroatoms. The van der Waals surface area contributed by atoms with Gasteiger partial charge in [-0.2, -0.15) is 0 Å². The predicted molar refractivity (Wildman–Crippen MR) is 77.8 cm³/mol. The molecule has 0 saturated heterocycles. The monoisotopic (exact) mass is 317 g/mol. The van der Waals surface area contributed by atoms with E-state index in [0.29, 0.717) is 0 Å². The number of aromatic nitrogens is 1. The highest BCUT2D eigenvalue weighted by Gasteiger charge is 2.10. The number of hydrogen-bond acceptors (Lipinski definition) is 4. The first-order chi connectivity index (χ1) is 8.34. The zero-order valence-electron chi connectivity index (χ0n) is 10.0. The van der Waals surface area contributed by atoms with E-state index in [1.165, 1.54) is 38.5 Å². The third kappa shape index (κ3) is 4.94. The topological polar surface area (TPSA) is 37.0 Å². The first-order valence-electron chi connectivity index (χ1n) is 6.43. The maximum Gasteiger partial charge on any atom is 0.183 e. The quantitative estimate of drug-likeness (QED) is 0.643. The fourth-order valence-corrected chi connectivity index (χ4v) is 3.44. The smallest absolute Gasteiger partial charge is 0.183 e. The van der Waals surface area contributed by atoms with E-state index in [1.807, 2.05) is 5.38 Å². The molecule has 1 aromatic heterocycles. The third-order valence-corrected chi connectivity index (χ3v) is 4.67. The minimum atomic E-state index is 0.738. The Morgan fingerprint density at radius 1 is 1.24 bits per heavy atom. The van der Waals surface area contributed by atoms with Gasteiger partial charge >= 0.3 is 0 Å². The summed E-state index contributed by atoms with van der Waals surface area (Å²) in [5.41, 5.74) is 0. The lowest BCUT2D eigenvalue weighted by atomic mass is 10.1. The number of nitrogens with zero attached hydrogens (tertiary/aromatic N) is 1. The van der Waals surface area contributed by atoms with Crippen LogP contribution in [0, 0.1) is 0 Å². The molecule has 96 valence electrons. The predicted octanol–water partition coefficient (Wildman–Crippen LogP) is 3.63. The molecule has 1 aromatic rings. The lowest BCUT2D eigenvalue weighted by molar-refractivity contribution is 0.468. The molecular weight excluding hydrogens is 298 g/mol. The second-order valence-electron chi connectivity index (χ2n) is 4.54. The Hall–Kier alpha value is -0.130. The molecule has 3 nitrogen and oxygen atoms in total. The molecule has 0 aromatic carbocycles. The minimum Gasteiger partial charge on any atom is -0.360 e. The molecule has 1 fully saturated rings. The van der Waals surface area contributed by atoms with Gasteiger partial charge in [-0.3, -0.25) is 0 Å². The van der Waals surface area contributed by atoms with Crippen molar-refractivity contribution in [2.75, 3.05) is 18.4 Å². The molecule has 1 aliphatic carbocycles. The van der Waals surface area contributed by atoms with Gasteiger partial charge in [0.15, 0.2) is 5.13 Å². The highest BCUT2D eigenvalue weighted by Crippen LogP contribution is 2.19. The number of thiazole rings is 1. The van der Waals surface area contributed by atoms with Crippen LogP contribution in [0.5, 0.6) is 0 Å². The van der Waals surface area contributed by atoms with Crippen LogP contribution in [0.15, 0.2) is 9.98 Å². The average molecular weight is 318 g/mol. The lowest BCUT2D eigenvalue weighted by Gasteiger charge is -2.16. The maximum absolute atomic E-state index is 4.31. The van der Waals surface area contributed by atoms with E-state index in [1.54, 1.807) is 11.3 Å². The molecule has 1 heterocycles. The molecule has 17 heavy (non-hydrogen) atoms. The molecule has 0 atom stereocenters. The summed E-state index contributed by atoms with van der Waals surface area (Å²) < 4.78 is 0.918. The van der Waals surface area contributed by atoms with E-state index < -0.39 is 0 Å². The highest BCUT2D eigenvalue weighted by atomic mass is 79.9. The van der Waals surface area contributed by atoms with Crippen LogP contribution in [-0.4, -0.2) is 24.1 Å². The Morgan fingerprint density at radius 3 is 2.65 bits per heavy atom. The second-order valence-corrected chi connectivity index (χ2v) is 6.22. The van der Waals surface area contributed by atoms with Crippen molar-refractivity contribution < 1.29 is 0 Å². The van der Waals surface area contributed by atoms with Crippen molar-refractivity contribution in [3.63, 3.8) is 0 Å². The van der Waals surface area contributed by atoms with Crippen molar-refractivity contribution in [1.29, 1.82) is 0 Å². The van der Waals surface area contributed by atoms with Crippen LogP contribution < -0.4 is 10.6 Å². The molecule has 0 spiro atoms. The Morgan fingerprint density at radius 2 is 2.00 bits per heavy atom. The standard InChI is InChI=1S/C12H20BrN3S/c13-11-9-17-12(16-11)15-8-7-14-10-5-3-1-2-4-6-10/h9-10,14H,1-8H2,(H,15,16). The minimum absolute atomic E-state index is 0.738. The molecule has 1 aliphatic rings. The van der Waals surface area contributed by atoms with Gasteiger partial charge in [0.05, 0.1) is 0 Å². The van der Waals surface area contributed by atoms with Gasteiger partial charge < -0.3 is 10.6 Å². The normalized spacial score (nSPS) is 17.9. The Labute approximate surface area is 116 Å². The summed E-state index contributed by atoms with van der Waals surface area (Å²) in [6.07, 6.45) is 8.33. The van der Waals surface area contributed by atoms with Gasteiger partial charge in [0, 0.05) is 24.5 Å². The van der Waals surface area contributed by atoms with E-state index in [9.17, 15) is 0 Å². The summed E-state index contributed by atoms with van der Waals surface area (Å²) >= 11 is 5.00. The third-order valence-electron chi connectivity index (χ3n) is 3.17. The summed E-state index contributed by atoms with van der Waals surface area (Å²) in [6, 6.07) is 0.738. The molecule has 0 aliphatic heterocycles. The van der Waals surface area contributed by atoms with E-state index in [2.05, 4.69) is 31.5 Å². The summed E-state index contributed by atoms with van der Waals surface area (Å²) in [5, 5.41) is 9.98.